The van der Waals surface area contributed by atoms with Crippen LogP contribution in [0.3, 0.4) is 0 Å². The lowest BCUT2D eigenvalue weighted by Crippen LogP contribution is -2.36. The van der Waals surface area contributed by atoms with Crippen molar-refractivity contribution in [2.24, 2.45) is 11.3 Å². The summed E-state index contributed by atoms with van der Waals surface area (Å²) in [4.78, 5) is 12.5. The molecule has 0 spiro atoms. The lowest BCUT2D eigenvalue weighted by molar-refractivity contribution is 0.00586. The average Bonchev–Trinajstić information content (AvgIpc) is 2.15. The van der Waals surface area contributed by atoms with Crippen LogP contribution in [0.15, 0.2) is 0 Å². The molecule has 2 N–H and O–H groups in total. The Balaban J connectivity index is 4.19. The number of carbonyl (C=O) groups is 1. The molecule has 0 atom stereocenters. The van der Waals surface area contributed by atoms with Gasteiger partial charge in [-0.15, -0.1) is 0 Å². The first-order valence-corrected chi connectivity index (χ1v) is 4.91. The molecule has 0 aromatic heterocycles. The minimum atomic E-state index is -0.435. The summed E-state index contributed by atoms with van der Waals surface area (Å²) >= 11 is 0. The van der Waals surface area contributed by atoms with Crippen LogP contribution in [0.1, 0.15) is 13.8 Å². The lowest BCUT2D eigenvalue weighted by atomic mass is 9.80. The number of hydrogen-bond donors (Lipinski definition) is 2. The Morgan fingerprint density at radius 3 is 2.13 bits per heavy atom. The Bertz CT molecular complexity index is 200. The van der Waals surface area contributed by atoms with E-state index in [4.69, 9.17) is 14.9 Å². The molecule has 5 nitrogen and oxygen atoms in total. The molecule has 1 amide bonds. The smallest absolute Gasteiger partial charge is 0.409 e. The van der Waals surface area contributed by atoms with Gasteiger partial charge in [0, 0.05) is 38.6 Å². The zero-order valence-corrected chi connectivity index (χ0v) is 9.86. The standard InChI is InChI=1S/C10H21NO4/c1-10(2,8(5-12)6-13)7-15-9(14)11(3)4/h8,12-13H,5-7H2,1-4H3. The SMILES string of the molecule is CN(C)C(=O)OCC(C)(C)C(CO)CO. The highest BCUT2D eigenvalue weighted by molar-refractivity contribution is 5.66. The van der Waals surface area contributed by atoms with Crippen LogP contribution in [0.2, 0.25) is 0 Å². The van der Waals surface area contributed by atoms with Gasteiger partial charge in [0.1, 0.15) is 0 Å². The molecule has 0 aliphatic heterocycles. The van der Waals surface area contributed by atoms with Crippen molar-refractivity contribution in [3.63, 3.8) is 0 Å². The molecule has 0 aliphatic carbocycles. The Morgan fingerprint density at radius 2 is 1.80 bits per heavy atom. The van der Waals surface area contributed by atoms with E-state index in [-0.39, 0.29) is 25.7 Å². The van der Waals surface area contributed by atoms with Gasteiger partial charge in [-0.2, -0.15) is 0 Å². The fourth-order valence-electron chi connectivity index (χ4n) is 1.05. The molecule has 0 aromatic rings. The third kappa shape index (κ3) is 4.48. The molecule has 0 rings (SSSR count). The molecular formula is C10H21NO4. The molecule has 0 heterocycles. The van der Waals surface area contributed by atoms with Gasteiger partial charge >= 0.3 is 6.09 Å². The van der Waals surface area contributed by atoms with Crippen molar-refractivity contribution < 1.29 is 19.7 Å². The van der Waals surface area contributed by atoms with Crippen LogP contribution in [0.5, 0.6) is 0 Å². The summed E-state index contributed by atoms with van der Waals surface area (Å²) in [6.07, 6.45) is -0.419. The highest BCUT2D eigenvalue weighted by Gasteiger charge is 2.30. The number of amides is 1. The highest BCUT2D eigenvalue weighted by atomic mass is 16.6. The lowest BCUT2D eigenvalue weighted by Gasteiger charge is -2.31. The fourth-order valence-corrected chi connectivity index (χ4v) is 1.05. The molecule has 0 saturated carbocycles. The first kappa shape index (κ1) is 14.2. The van der Waals surface area contributed by atoms with Crippen LogP contribution in [-0.2, 0) is 4.74 Å². The van der Waals surface area contributed by atoms with E-state index >= 15 is 0 Å². The molecule has 0 aliphatic rings. The van der Waals surface area contributed by atoms with Gasteiger partial charge in [-0.05, 0) is 0 Å². The largest absolute Gasteiger partial charge is 0.449 e. The van der Waals surface area contributed by atoms with Crippen molar-refractivity contribution in [1.82, 2.24) is 4.90 Å². The van der Waals surface area contributed by atoms with Crippen LogP contribution in [0, 0.1) is 11.3 Å². The van der Waals surface area contributed by atoms with Gasteiger partial charge < -0.3 is 19.8 Å². The Hall–Kier alpha value is -0.810. The predicted octanol–water partition coefficient (Wildman–Crippen LogP) is 0.312. The second-order valence-electron chi connectivity index (χ2n) is 4.50. The minimum Gasteiger partial charge on any atom is -0.449 e. The van der Waals surface area contributed by atoms with Crippen molar-refractivity contribution >= 4 is 6.09 Å². The summed E-state index contributed by atoms with van der Waals surface area (Å²) in [5.74, 6) is -0.285. The summed E-state index contributed by atoms with van der Waals surface area (Å²) in [7, 11) is 3.20. The molecule has 0 saturated heterocycles. The average molecular weight is 219 g/mol. The predicted molar refractivity (Wildman–Crippen MR) is 56.5 cm³/mol. The molecule has 0 fully saturated rings. The molecule has 0 unspecified atom stereocenters. The summed E-state index contributed by atoms with van der Waals surface area (Å²) in [6, 6.07) is 0. The van der Waals surface area contributed by atoms with Crippen LogP contribution < -0.4 is 0 Å². The monoisotopic (exact) mass is 219 g/mol. The number of rotatable bonds is 5. The van der Waals surface area contributed by atoms with E-state index in [0.29, 0.717) is 0 Å². The summed E-state index contributed by atoms with van der Waals surface area (Å²) < 4.78 is 5.02. The van der Waals surface area contributed by atoms with E-state index in [0.717, 1.165) is 0 Å². The maximum Gasteiger partial charge on any atom is 0.409 e. The van der Waals surface area contributed by atoms with E-state index in [1.807, 2.05) is 13.8 Å². The van der Waals surface area contributed by atoms with Crippen molar-refractivity contribution in [3.05, 3.63) is 0 Å². The topological polar surface area (TPSA) is 70.0 Å². The molecule has 5 heteroatoms. The highest BCUT2D eigenvalue weighted by Crippen LogP contribution is 2.26. The minimum absolute atomic E-state index is 0.122. The zero-order valence-electron chi connectivity index (χ0n) is 9.86. The van der Waals surface area contributed by atoms with Crippen molar-refractivity contribution in [3.8, 4) is 0 Å². The first-order chi connectivity index (χ1) is 6.85. The molecule has 0 bridgehead atoms. The third-order valence-electron chi connectivity index (χ3n) is 2.48. The van der Waals surface area contributed by atoms with Gasteiger partial charge in [-0.1, -0.05) is 13.8 Å². The van der Waals surface area contributed by atoms with E-state index in [9.17, 15) is 4.79 Å². The number of aliphatic hydroxyl groups excluding tert-OH is 2. The van der Waals surface area contributed by atoms with E-state index in [1.54, 1.807) is 14.1 Å². The van der Waals surface area contributed by atoms with Gasteiger partial charge in [0.05, 0.1) is 6.61 Å². The third-order valence-corrected chi connectivity index (χ3v) is 2.48. The summed E-state index contributed by atoms with van der Waals surface area (Å²) in [5, 5.41) is 18.1. The Morgan fingerprint density at radius 1 is 1.33 bits per heavy atom. The van der Waals surface area contributed by atoms with Crippen LogP contribution in [0.4, 0.5) is 4.79 Å². The van der Waals surface area contributed by atoms with Crippen LogP contribution in [0.25, 0.3) is 0 Å². The van der Waals surface area contributed by atoms with Gasteiger partial charge in [0.2, 0.25) is 0 Å². The second-order valence-corrected chi connectivity index (χ2v) is 4.50. The number of ether oxygens (including phenoxy) is 1. The Labute approximate surface area is 90.6 Å². The van der Waals surface area contributed by atoms with E-state index in [1.165, 1.54) is 4.90 Å². The number of aliphatic hydroxyl groups is 2. The normalized spacial score (nSPS) is 11.7. The maximum absolute atomic E-state index is 11.2. The molecule has 90 valence electrons. The number of hydrogen-bond acceptors (Lipinski definition) is 4. The van der Waals surface area contributed by atoms with Crippen molar-refractivity contribution in [1.29, 1.82) is 0 Å². The zero-order chi connectivity index (χ0) is 12.1. The maximum atomic E-state index is 11.2. The van der Waals surface area contributed by atoms with Crippen LogP contribution >= 0.6 is 0 Å². The second kappa shape index (κ2) is 5.92. The van der Waals surface area contributed by atoms with Gasteiger partial charge in [-0.25, -0.2) is 4.79 Å². The summed E-state index contributed by atoms with van der Waals surface area (Å²) in [6.45, 7) is 3.61. The van der Waals surface area contributed by atoms with E-state index < -0.39 is 11.5 Å². The Kier molecular flexibility index (Phi) is 5.60. The molecular weight excluding hydrogens is 198 g/mol. The quantitative estimate of drug-likeness (QED) is 0.698. The summed E-state index contributed by atoms with van der Waals surface area (Å²) in [5.41, 5.74) is -0.435. The van der Waals surface area contributed by atoms with Gasteiger partial charge in [-0.3, -0.25) is 0 Å². The van der Waals surface area contributed by atoms with Crippen LogP contribution in [-0.4, -0.2) is 55.1 Å². The van der Waals surface area contributed by atoms with Crippen molar-refractivity contribution in [2.45, 2.75) is 13.8 Å². The first-order valence-electron chi connectivity index (χ1n) is 4.91. The van der Waals surface area contributed by atoms with E-state index in [2.05, 4.69) is 0 Å². The number of carbonyl (C=O) groups excluding carboxylic acids is 1. The van der Waals surface area contributed by atoms with Crippen molar-refractivity contribution in [2.75, 3.05) is 33.9 Å². The van der Waals surface area contributed by atoms with Gasteiger partial charge in [0.25, 0.3) is 0 Å². The molecule has 0 radical (unpaired) electrons. The fraction of sp³-hybridized carbons (Fsp3) is 0.900. The van der Waals surface area contributed by atoms with Gasteiger partial charge in [0.15, 0.2) is 0 Å². The molecule has 0 aromatic carbocycles. The molecule has 15 heavy (non-hydrogen) atoms. The number of nitrogens with zero attached hydrogens (tertiary/aromatic N) is 1.